The van der Waals surface area contributed by atoms with Gasteiger partial charge in [-0.1, -0.05) is 38.0 Å². The molecule has 0 bridgehead atoms. The smallest absolute Gasteiger partial charge is 0.161 e. The number of aromatic nitrogens is 2. The SMILES string of the molecule is CCCCCOc1ccc(/C=C(/C#N)c2nc3ccccc3n2CC)cc1OC. The van der Waals surface area contributed by atoms with Gasteiger partial charge in [0.2, 0.25) is 0 Å². The molecule has 1 heterocycles. The molecule has 3 aromatic rings. The van der Waals surface area contributed by atoms with Crippen LogP contribution >= 0.6 is 0 Å². The van der Waals surface area contributed by atoms with Crippen LogP contribution in [0.5, 0.6) is 11.5 Å². The van der Waals surface area contributed by atoms with E-state index in [0.717, 1.165) is 48.2 Å². The summed E-state index contributed by atoms with van der Waals surface area (Å²) in [5.74, 6) is 2.06. The van der Waals surface area contributed by atoms with Crippen LogP contribution in [0.1, 0.15) is 44.5 Å². The fourth-order valence-corrected chi connectivity index (χ4v) is 3.34. The van der Waals surface area contributed by atoms with E-state index in [1.54, 1.807) is 7.11 Å². The molecule has 5 heteroatoms. The lowest BCUT2D eigenvalue weighted by Gasteiger charge is -2.11. The Morgan fingerprint density at radius 3 is 2.69 bits per heavy atom. The van der Waals surface area contributed by atoms with Crippen LogP contribution in [0, 0.1) is 11.3 Å². The second-order valence-corrected chi connectivity index (χ2v) is 6.80. The number of unbranched alkanes of at least 4 members (excludes halogenated alkanes) is 2. The first kappa shape index (κ1) is 20.5. The number of ether oxygens (including phenoxy) is 2. The zero-order valence-corrected chi connectivity index (χ0v) is 17.3. The number of benzene rings is 2. The maximum Gasteiger partial charge on any atom is 0.161 e. The lowest BCUT2D eigenvalue weighted by atomic mass is 10.1. The highest BCUT2D eigenvalue weighted by atomic mass is 16.5. The van der Waals surface area contributed by atoms with Crippen LogP contribution in [-0.2, 0) is 6.54 Å². The maximum absolute atomic E-state index is 9.81. The number of rotatable bonds is 9. The summed E-state index contributed by atoms with van der Waals surface area (Å²) >= 11 is 0. The summed E-state index contributed by atoms with van der Waals surface area (Å²) in [7, 11) is 1.63. The summed E-state index contributed by atoms with van der Waals surface area (Å²) in [6.07, 6.45) is 5.17. The highest BCUT2D eigenvalue weighted by Crippen LogP contribution is 2.30. The van der Waals surface area contributed by atoms with Gasteiger partial charge in [-0.05, 0) is 49.2 Å². The molecule has 1 aromatic heterocycles. The summed E-state index contributed by atoms with van der Waals surface area (Å²) in [4.78, 5) is 4.69. The molecule has 0 atom stereocenters. The van der Waals surface area contributed by atoms with Crippen molar-refractivity contribution in [3.63, 3.8) is 0 Å². The minimum atomic E-state index is 0.515. The highest BCUT2D eigenvalue weighted by Gasteiger charge is 2.14. The van der Waals surface area contributed by atoms with Gasteiger partial charge in [0.05, 0.1) is 30.3 Å². The summed E-state index contributed by atoms with van der Waals surface area (Å²) < 4.78 is 13.4. The fraction of sp³-hybridized carbons (Fsp3) is 0.333. The van der Waals surface area contributed by atoms with Gasteiger partial charge in [-0.15, -0.1) is 0 Å². The Kier molecular flexibility index (Phi) is 6.91. The van der Waals surface area contributed by atoms with Crippen molar-refractivity contribution >= 4 is 22.7 Å². The molecular formula is C24H27N3O2. The number of fused-ring (bicyclic) bond motifs is 1. The molecule has 0 saturated carbocycles. The molecule has 0 spiro atoms. The molecule has 0 saturated heterocycles. The molecule has 0 aliphatic rings. The first-order chi connectivity index (χ1) is 14.2. The predicted octanol–water partition coefficient (Wildman–Crippen LogP) is 5.70. The Labute approximate surface area is 172 Å². The first-order valence-electron chi connectivity index (χ1n) is 10.1. The van der Waals surface area contributed by atoms with Crippen molar-refractivity contribution in [3.8, 4) is 17.6 Å². The summed E-state index contributed by atoms with van der Waals surface area (Å²) in [5, 5.41) is 9.81. The van der Waals surface area contributed by atoms with E-state index in [9.17, 15) is 5.26 Å². The lowest BCUT2D eigenvalue weighted by Crippen LogP contribution is -2.01. The van der Waals surface area contributed by atoms with Gasteiger partial charge in [0.15, 0.2) is 17.3 Å². The van der Waals surface area contributed by atoms with Crippen LogP contribution in [0.4, 0.5) is 0 Å². The van der Waals surface area contributed by atoms with Gasteiger partial charge in [0.25, 0.3) is 0 Å². The average molecular weight is 389 g/mol. The fourth-order valence-electron chi connectivity index (χ4n) is 3.34. The van der Waals surface area contributed by atoms with E-state index in [0.29, 0.717) is 23.8 Å². The molecule has 29 heavy (non-hydrogen) atoms. The minimum Gasteiger partial charge on any atom is -0.493 e. The second-order valence-electron chi connectivity index (χ2n) is 6.80. The van der Waals surface area contributed by atoms with Gasteiger partial charge >= 0.3 is 0 Å². The molecule has 3 rings (SSSR count). The van der Waals surface area contributed by atoms with Gasteiger partial charge < -0.3 is 14.0 Å². The zero-order valence-electron chi connectivity index (χ0n) is 17.3. The van der Waals surface area contributed by atoms with Crippen molar-refractivity contribution in [1.29, 1.82) is 5.26 Å². The van der Waals surface area contributed by atoms with Crippen LogP contribution < -0.4 is 9.47 Å². The van der Waals surface area contributed by atoms with Crippen LogP contribution in [0.3, 0.4) is 0 Å². The molecule has 0 amide bonds. The van der Waals surface area contributed by atoms with E-state index in [4.69, 9.17) is 9.47 Å². The van der Waals surface area contributed by atoms with E-state index < -0.39 is 0 Å². The van der Waals surface area contributed by atoms with Crippen molar-refractivity contribution in [2.75, 3.05) is 13.7 Å². The van der Waals surface area contributed by atoms with E-state index in [2.05, 4.69) is 29.5 Å². The number of allylic oxidation sites excluding steroid dienone is 1. The molecule has 0 aliphatic carbocycles. The van der Waals surface area contributed by atoms with E-state index in [-0.39, 0.29) is 0 Å². The third kappa shape index (κ3) is 4.60. The molecule has 0 radical (unpaired) electrons. The number of hydrogen-bond donors (Lipinski definition) is 0. The molecule has 150 valence electrons. The van der Waals surface area contributed by atoms with Gasteiger partial charge in [-0.2, -0.15) is 5.26 Å². The first-order valence-corrected chi connectivity index (χ1v) is 10.1. The van der Waals surface area contributed by atoms with Crippen LogP contribution in [0.25, 0.3) is 22.7 Å². The summed E-state index contributed by atoms with van der Waals surface area (Å²) in [6, 6.07) is 16.0. The molecule has 5 nitrogen and oxygen atoms in total. The number of methoxy groups -OCH3 is 1. The second kappa shape index (κ2) is 9.79. The third-order valence-corrected chi connectivity index (χ3v) is 4.84. The Bertz CT molecular complexity index is 1040. The Morgan fingerprint density at radius 2 is 1.97 bits per heavy atom. The number of hydrogen-bond acceptors (Lipinski definition) is 4. The summed E-state index contributed by atoms with van der Waals surface area (Å²) in [5.41, 5.74) is 3.30. The van der Waals surface area contributed by atoms with Gasteiger partial charge in [-0.3, -0.25) is 0 Å². The number of nitrogens with zero attached hydrogens (tertiary/aromatic N) is 3. The number of imidazole rings is 1. The van der Waals surface area contributed by atoms with Gasteiger partial charge in [0, 0.05) is 6.54 Å². The maximum atomic E-state index is 9.81. The largest absolute Gasteiger partial charge is 0.493 e. The number of nitriles is 1. The molecule has 2 aromatic carbocycles. The van der Waals surface area contributed by atoms with Crippen molar-refractivity contribution in [2.24, 2.45) is 0 Å². The molecule has 0 aliphatic heterocycles. The molecule has 0 fully saturated rings. The van der Waals surface area contributed by atoms with Crippen LogP contribution in [0.2, 0.25) is 0 Å². The number of para-hydroxylation sites is 2. The van der Waals surface area contributed by atoms with Gasteiger partial charge in [-0.25, -0.2) is 4.98 Å². The summed E-state index contributed by atoms with van der Waals surface area (Å²) in [6.45, 7) is 5.63. The van der Waals surface area contributed by atoms with Crippen LogP contribution in [-0.4, -0.2) is 23.3 Å². The van der Waals surface area contributed by atoms with E-state index in [1.807, 2.05) is 48.5 Å². The predicted molar refractivity (Wildman–Crippen MR) is 117 cm³/mol. The quantitative estimate of drug-likeness (QED) is 0.348. The van der Waals surface area contributed by atoms with Crippen molar-refractivity contribution < 1.29 is 9.47 Å². The third-order valence-electron chi connectivity index (χ3n) is 4.84. The standard InChI is InChI=1S/C24H27N3O2/c1-4-6-9-14-29-22-13-12-18(16-23(22)28-3)15-19(17-25)24-26-20-10-7-8-11-21(20)27(24)5-2/h7-8,10-13,15-16H,4-6,9,14H2,1-3H3/b19-15-. The van der Waals surface area contributed by atoms with Gasteiger partial charge in [0.1, 0.15) is 6.07 Å². The normalized spacial score (nSPS) is 11.4. The molecule has 0 unspecified atom stereocenters. The topological polar surface area (TPSA) is 60.1 Å². The highest BCUT2D eigenvalue weighted by molar-refractivity contribution is 5.91. The minimum absolute atomic E-state index is 0.515. The average Bonchev–Trinajstić information content (AvgIpc) is 3.14. The van der Waals surface area contributed by atoms with Crippen molar-refractivity contribution in [3.05, 3.63) is 53.9 Å². The van der Waals surface area contributed by atoms with Crippen molar-refractivity contribution in [2.45, 2.75) is 39.7 Å². The Hall–Kier alpha value is -3.26. The van der Waals surface area contributed by atoms with Crippen molar-refractivity contribution in [1.82, 2.24) is 9.55 Å². The zero-order chi connectivity index (χ0) is 20.6. The Morgan fingerprint density at radius 1 is 1.14 bits per heavy atom. The van der Waals surface area contributed by atoms with E-state index in [1.165, 1.54) is 0 Å². The van der Waals surface area contributed by atoms with E-state index >= 15 is 0 Å². The van der Waals surface area contributed by atoms with Crippen LogP contribution in [0.15, 0.2) is 42.5 Å². The molecule has 0 N–H and O–H groups in total. The monoisotopic (exact) mass is 389 g/mol. The molecular weight excluding hydrogens is 362 g/mol. The lowest BCUT2D eigenvalue weighted by molar-refractivity contribution is 0.286. The number of aryl methyl sites for hydroxylation is 1. The Balaban J connectivity index is 1.93.